The van der Waals surface area contributed by atoms with E-state index in [4.69, 9.17) is 10.9 Å². The van der Waals surface area contributed by atoms with Crippen molar-refractivity contribution >= 4 is 11.8 Å². The van der Waals surface area contributed by atoms with Gasteiger partial charge in [-0.05, 0) is 6.07 Å². The average Bonchev–Trinajstić information content (AvgIpc) is 2.05. The van der Waals surface area contributed by atoms with Crippen LogP contribution < -0.4 is 10.9 Å². The fourth-order valence-electron chi connectivity index (χ4n) is 0.537. The third-order valence-electron chi connectivity index (χ3n) is 1.05. The summed E-state index contributed by atoms with van der Waals surface area (Å²) < 4.78 is 0. The first-order valence-electron chi connectivity index (χ1n) is 2.76. The Bertz CT molecular complexity index is 250. The van der Waals surface area contributed by atoms with Crippen molar-refractivity contribution in [2.45, 2.75) is 0 Å². The second kappa shape index (κ2) is 2.93. The van der Waals surface area contributed by atoms with E-state index in [1.54, 1.807) is 0 Å². The molecular weight excluding hydrogens is 148 g/mol. The lowest BCUT2D eigenvalue weighted by atomic mass is 10.5. The van der Waals surface area contributed by atoms with Gasteiger partial charge in [-0.3, -0.25) is 0 Å². The summed E-state index contributed by atoms with van der Waals surface area (Å²) in [5.41, 5.74) is 0.285. The van der Waals surface area contributed by atoms with Crippen molar-refractivity contribution in [2.24, 2.45) is 5.84 Å². The number of rotatable bonds is 1. The number of hydrazine groups is 1. The molecule has 1 amide bonds. The van der Waals surface area contributed by atoms with Gasteiger partial charge in [-0.2, -0.15) is 10.2 Å². The van der Waals surface area contributed by atoms with Crippen LogP contribution in [0.2, 0.25) is 0 Å². The molecular formula is C5H6N4O2. The number of nitrogens with zero attached hydrogens (tertiary/aromatic N) is 3. The number of carboxylic acid groups (broad SMARTS) is 1. The van der Waals surface area contributed by atoms with Gasteiger partial charge in [-0.25, -0.2) is 15.6 Å². The standard InChI is InChI=1S/C5H6N4O2/c6-9(5(10)11)4-1-2-7-8-3-4/h1-3H,6H2,(H,10,11). The molecule has 0 spiro atoms. The number of hydrogen-bond donors (Lipinski definition) is 2. The Morgan fingerprint density at radius 2 is 2.36 bits per heavy atom. The van der Waals surface area contributed by atoms with Gasteiger partial charge in [0.05, 0.1) is 18.1 Å². The van der Waals surface area contributed by atoms with Crippen molar-refractivity contribution in [1.82, 2.24) is 10.2 Å². The van der Waals surface area contributed by atoms with Gasteiger partial charge in [0.1, 0.15) is 0 Å². The number of hydrogen-bond acceptors (Lipinski definition) is 4. The minimum Gasteiger partial charge on any atom is -0.464 e. The van der Waals surface area contributed by atoms with E-state index >= 15 is 0 Å². The Labute approximate surface area is 62.2 Å². The van der Waals surface area contributed by atoms with E-state index < -0.39 is 6.09 Å². The zero-order valence-electron chi connectivity index (χ0n) is 5.51. The molecule has 0 aliphatic rings. The van der Waals surface area contributed by atoms with Crippen LogP contribution in [0.3, 0.4) is 0 Å². The third kappa shape index (κ3) is 1.62. The molecule has 6 nitrogen and oxygen atoms in total. The van der Waals surface area contributed by atoms with Crippen molar-refractivity contribution in [2.75, 3.05) is 5.01 Å². The maximum atomic E-state index is 10.3. The molecule has 0 unspecified atom stereocenters. The van der Waals surface area contributed by atoms with Crippen LogP contribution in [0, 0.1) is 0 Å². The van der Waals surface area contributed by atoms with Crippen molar-refractivity contribution in [1.29, 1.82) is 0 Å². The summed E-state index contributed by atoms with van der Waals surface area (Å²) in [4.78, 5) is 10.3. The van der Waals surface area contributed by atoms with Crippen LogP contribution in [0.15, 0.2) is 18.5 Å². The molecule has 0 aliphatic heterocycles. The molecule has 1 aromatic heterocycles. The Morgan fingerprint density at radius 3 is 2.82 bits per heavy atom. The third-order valence-corrected chi connectivity index (χ3v) is 1.05. The largest absolute Gasteiger partial charge is 0.464 e. The quantitative estimate of drug-likeness (QED) is 0.333. The van der Waals surface area contributed by atoms with Crippen molar-refractivity contribution in [3.63, 3.8) is 0 Å². The highest BCUT2D eigenvalue weighted by atomic mass is 16.4. The van der Waals surface area contributed by atoms with Crippen molar-refractivity contribution in [3.8, 4) is 0 Å². The molecule has 0 saturated heterocycles. The Kier molecular flexibility index (Phi) is 1.98. The van der Waals surface area contributed by atoms with Gasteiger partial charge in [0.25, 0.3) is 0 Å². The van der Waals surface area contributed by atoms with Gasteiger partial charge >= 0.3 is 6.09 Å². The molecule has 58 valence electrons. The first-order valence-corrected chi connectivity index (χ1v) is 2.76. The molecule has 1 rings (SSSR count). The molecule has 0 aromatic carbocycles. The second-order valence-electron chi connectivity index (χ2n) is 1.75. The SMILES string of the molecule is NN(C(=O)O)c1ccnnc1. The summed E-state index contributed by atoms with van der Waals surface area (Å²) in [5, 5.41) is 15.9. The highest BCUT2D eigenvalue weighted by molar-refractivity contribution is 5.83. The Morgan fingerprint density at radius 1 is 1.64 bits per heavy atom. The summed E-state index contributed by atoms with van der Waals surface area (Å²) in [6, 6.07) is 1.45. The minimum atomic E-state index is -1.24. The van der Waals surface area contributed by atoms with Crippen LogP contribution in [-0.4, -0.2) is 21.4 Å². The molecule has 3 N–H and O–H groups in total. The van der Waals surface area contributed by atoms with Gasteiger partial charge in [0, 0.05) is 0 Å². The molecule has 1 heterocycles. The topological polar surface area (TPSA) is 92.3 Å². The molecule has 0 fully saturated rings. The van der Waals surface area contributed by atoms with Gasteiger partial charge in [0.2, 0.25) is 0 Å². The molecule has 11 heavy (non-hydrogen) atoms. The number of anilines is 1. The lowest BCUT2D eigenvalue weighted by molar-refractivity contribution is 0.202. The highest BCUT2D eigenvalue weighted by Crippen LogP contribution is 2.05. The van der Waals surface area contributed by atoms with Crippen LogP contribution in [0.4, 0.5) is 10.5 Å². The van der Waals surface area contributed by atoms with Crippen LogP contribution >= 0.6 is 0 Å². The summed E-state index contributed by atoms with van der Waals surface area (Å²) in [6.07, 6.45) is 1.38. The second-order valence-corrected chi connectivity index (χ2v) is 1.75. The number of nitrogens with two attached hydrogens (primary N) is 1. The van der Waals surface area contributed by atoms with Gasteiger partial charge in [-0.1, -0.05) is 0 Å². The van der Waals surface area contributed by atoms with Crippen LogP contribution in [-0.2, 0) is 0 Å². The molecule has 0 bridgehead atoms. The Balaban J connectivity index is 2.85. The van der Waals surface area contributed by atoms with Gasteiger partial charge in [-0.15, -0.1) is 0 Å². The van der Waals surface area contributed by atoms with Crippen LogP contribution in [0.25, 0.3) is 0 Å². The van der Waals surface area contributed by atoms with Gasteiger partial charge in [0.15, 0.2) is 0 Å². The number of aromatic nitrogens is 2. The van der Waals surface area contributed by atoms with Crippen molar-refractivity contribution < 1.29 is 9.90 Å². The predicted octanol–water partition coefficient (Wildman–Crippen LogP) is -0.165. The minimum absolute atomic E-state index is 0.285. The summed E-state index contributed by atoms with van der Waals surface area (Å²) in [6.45, 7) is 0. The van der Waals surface area contributed by atoms with E-state index in [1.165, 1.54) is 18.5 Å². The number of carbonyl (C=O) groups is 1. The summed E-state index contributed by atoms with van der Waals surface area (Å²) in [5.74, 6) is 5.10. The maximum Gasteiger partial charge on any atom is 0.426 e. The molecule has 0 aliphatic carbocycles. The smallest absolute Gasteiger partial charge is 0.426 e. The molecule has 6 heteroatoms. The monoisotopic (exact) mass is 154 g/mol. The zero-order valence-corrected chi connectivity index (χ0v) is 5.51. The first-order chi connectivity index (χ1) is 5.22. The predicted molar refractivity (Wildman–Crippen MR) is 36.7 cm³/mol. The highest BCUT2D eigenvalue weighted by Gasteiger charge is 2.07. The number of amides is 1. The molecule has 0 saturated carbocycles. The fraction of sp³-hybridized carbons (Fsp3) is 0. The van der Waals surface area contributed by atoms with E-state index in [0.717, 1.165) is 0 Å². The van der Waals surface area contributed by atoms with Gasteiger partial charge < -0.3 is 5.11 Å². The summed E-state index contributed by atoms with van der Waals surface area (Å²) >= 11 is 0. The van der Waals surface area contributed by atoms with E-state index in [0.29, 0.717) is 5.01 Å². The van der Waals surface area contributed by atoms with Crippen LogP contribution in [0.5, 0.6) is 0 Å². The zero-order chi connectivity index (χ0) is 8.27. The lowest BCUT2D eigenvalue weighted by Gasteiger charge is -2.09. The molecule has 0 atom stereocenters. The van der Waals surface area contributed by atoms with E-state index in [-0.39, 0.29) is 5.69 Å². The molecule has 1 aromatic rings. The van der Waals surface area contributed by atoms with E-state index in [2.05, 4.69) is 10.2 Å². The average molecular weight is 154 g/mol. The van der Waals surface area contributed by atoms with E-state index in [1.807, 2.05) is 0 Å². The lowest BCUT2D eigenvalue weighted by Crippen LogP contribution is -2.36. The maximum absolute atomic E-state index is 10.3. The fourth-order valence-corrected chi connectivity index (χ4v) is 0.537. The summed E-state index contributed by atoms with van der Waals surface area (Å²) in [7, 11) is 0. The van der Waals surface area contributed by atoms with E-state index in [9.17, 15) is 4.79 Å². The normalized spacial score (nSPS) is 9.18. The Hall–Kier alpha value is -1.69. The van der Waals surface area contributed by atoms with Crippen LogP contribution in [0.1, 0.15) is 0 Å². The molecule has 0 radical (unpaired) electrons. The first kappa shape index (κ1) is 7.42. The van der Waals surface area contributed by atoms with Crippen molar-refractivity contribution in [3.05, 3.63) is 18.5 Å².